The van der Waals surface area contributed by atoms with E-state index < -0.39 is 0 Å². The van der Waals surface area contributed by atoms with Gasteiger partial charge in [0, 0.05) is 6.92 Å². The molecule has 0 aliphatic rings. The first-order valence-corrected chi connectivity index (χ1v) is 11.2. The second kappa shape index (κ2) is 15.9. The Morgan fingerprint density at radius 2 is 1.26 bits per heavy atom. The fraction of sp³-hybridized carbons (Fsp3) is 0.833. The first kappa shape index (κ1) is 25.9. The van der Waals surface area contributed by atoms with E-state index in [2.05, 4.69) is 39.9 Å². The van der Waals surface area contributed by atoms with Crippen molar-refractivity contribution in [2.75, 3.05) is 6.54 Å². The van der Waals surface area contributed by atoms with Crippen LogP contribution in [0.5, 0.6) is 0 Å². The third-order valence-electron chi connectivity index (χ3n) is 5.35. The lowest BCUT2D eigenvalue weighted by molar-refractivity contribution is -0.122. The first-order chi connectivity index (χ1) is 12.7. The van der Waals surface area contributed by atoms with E-state index in [9.17, 15) is 9.59 Å². The lowest BCUT2D eigenvalue weighted by atomic mass is 9.91. The second-order valence-electron chi connectivity index (χ2n) is 9.11. The van der Waals surface area contributed by atoms with Gasteiger partial charge in [0.25, 0.3) is 0 Å². The largest absolute Gasteiger partial charge is 0.349 e. The van der Waals surface area contributed by atoms with Gasteiger partial charge in [-0.05, 0) is 36.2 Å². The van der Waals surface area contributed by atoms with Crippen molar-refractivity contribution in [3.8, 4) is 0 Å². The van der Waals surface area contributed by atoms with Gasteiger partial charge in [0.2, 0.25) is 5.91 Å². The fourth-order valence-corrected chi connectivity index (χ4v) is 3.40. The molecule has 0 fully saturated rings. The Hall–Kier alpha value is -1.12. The maximum absolute atomic E-state index is 11.6. The number of hydrogen-bond acceptors (Lipinski definition) is 2. The number of ketones is 1. The molecule has 1 N–H and O–H groups in total. The van der Waals surface area contributed by atoms with E-state index in [1.54, 1.807) is 6.08 Å². The minimum atomic E-state index is -0.163. The lowest BCUT2D eigenvalue weighted by Crippen LogP contribution is -2.26. The molecule has 1 amide bonds. The Morgan fingerprint density at radius 3 is 1.74 bits per heavy atom. The predicted molar refractivity (Wildman–Crippen MR) is 117 cm³/mol. The van der Waals surface area contributed by atoms with E-state index in [1.165, 1.54) is 58.3 Å². The topological polar surface area (TPSA) is 46.2 Å². The van der Waals surface area contributed by atoms with Gasteiger partial charge in [-0.1, -0.05) is 92.1 Å². The van der Waals surface area contributed by atoms with Gasteiger partial charge < -0.3 is 5.32 Å². The van der Waals surface area contributed by atoms with Gasteiger partial charge in [0.15, 0.2) is 5.78 Å². The van der Waals surface area contributed by atoms with Crippen molar-refractivity contribution in [1.29, 1.82) is 0 Å². The molecule has 0 aromatic heterocycles. The Bertz CT molecular complexity index is 428. The molecule has 3 atom stereocenters. The Labute approximate surface area is 168 Å². The van der Waals surface area contributed by atoms with E-state index >= 15 is 0 Å². The van der Waals surface area contributed by atoms with Crippen molar-refractivity contribution < 1.29 is 9.59 Å². The first-order valence-electron chi connectivity index (χ1n) is 11.2. The molecule has 0 heterocycles. The summed E-state index contributed by atoms with van der Waals surface area (Å²) in [5.74, 6) is 2.72. The zero-order chi connectivity index (χ0) is 20.7. The van der Waals surface area contributed by atoms with Gasteiger partial charge in [0.1, 0.15) is 0 Å². The SMILES string of the molecule is CC(=O)NCC(=O)/C=C\C(C)CCCC(C)CCCC(C)CCCC(C)C. The zero-order valence-corrected chi connectivity index (χ0v) is 18.9. The highest BCUT2D eigenvalue weighted by atomic mass is 16.2. The van der Waals surface area contributed by atoms with Crippen molar-refractivity contribution in [3.05, 3.63) is 12.2 Å². The highest BCUT2D eigenvalue weighted by molar-refractivity contribution is 5.93. The van der Waals surface area contributed by atoms with Crippen molar-refractivity contribution in [1.82, 2.24) is 5.32 Å². The summed E-state index contributed by atoms with van der Waals surface area (Å²) in [5.41, 5.74) is 0. The lowest BCUT2D eigenvalue weighted by Gasteiger charge is -2.15. The van der Waals surface area contributed by atoms with Crippen LogP contribution in [0.25, 0.3) is 0 Å². The molecular formula is C24H45NO2. The van der Waals surface area contributed by atoms with Gasteiger partial charge in [-0.25, -0.2) is 0 Å². The average molecular weight is 380 g/mol. The third-order valence-corrected chi connectivity index (χ3v) is 5.35. The van der Waals surface area contributed by atoms with Crippen LogP contribution < -0.4 is 5.32 Å². The highest BCUT2D eigenvalue weighted by Crippen LogP contribution is 2.22. The van der Waals surface area contributed by atoms with Crippen LogP contribution in [0.1, 0.15) is 99.3 Å². The van der Waals surface area contributed by atoms with Crippen LogP contribution in [0.15, 0.2) is 12.2 Å². The summed E-state index contributed by atoms with van der Waals surface area (Å²) in [6.07, 6.45) is 15.4. The minimum absolute atomic E-state index is 0.0343. The van der Waals surface area contributed by atoms with E-state index in [0.29, 0.717) is 5.92 Å². The molecule has 0 aliphatic heterocycles. The molecule has 0 aliphatic carbocycles. The number of carbonyl (C=O) groups excluding carboxylic acids is 2. The normalized spacial score (nSPS) is 15.1. The van der Waals surface area contributed by atoms with Crippen LogP contribution in [-0.2, 0) is 9.59 Å². The van der Waals surface area contributed by atoms with Crippen LogP contribution in [0.3, 0.4) is 0 Å². The molecule has 158 valence electrons. The summed E-state index contributed by atoms with van der Waals surface area (Å²) >= 11 is 0. The summed E-state index contributed by atoms with van der Waals surface area (Å²) in [6, 6.07) is 0. The number of hydrogen-bond donors (Lipinski definition) is 1. The summed E-state index contributed by atoms with van der Waals surface area (Å²) in [5, 5.41) is 2.53. The maximum Gasteiger partial charge on any atom is 0.217 e. The predicted octanol–water partition coefficient (Wildman–Crippen LogP) is 6.32. The van der Waals surface area contributed by atoms with Crippen molar-refractivity contribution in [2.45, 2.75) is 99.3 Å². The molecule has 0 spiro atoms. The average Bonchev–Trinajstić information content (AvgIpc) is 2.57. The van der Waals surface area contributed by atoms with Crippen molar-refractivity contribution in [3.63, 3.8) is 0 Å². The zero-order valence-electron chi connectivity index (χ0n) is 18.9. The van der Waals surface area contributed by atoms with Gasteiger partial charge in [-0.3, -0.25) is 9.59 Å². The Kier molecular flexibility index (Phi) is 15.2. The van der Waals surface area contributed by atoms with E-state index in [4.69, 9.17) is 0 Å². The molecule has 3 nitrogen and oxygen atoms in total. The second-order valence-corrected chi connectivity index (χ2v) is 9.11. The number of carbonyl (C=O) groups is 2. The van der Waals surface area contributed by atoms with E-state index in [1.807, 2.05) is 6.08 Å². The molecule has 3 heteroatoms. The minimum Gasteiger partial charge on any atom is -0.349 e. The van der Waals surface area contributed by atoms with Crippen LogP contribution >= 0.6 is 0 Å². The van der Waals surface area contributed by atoms with Crippen LogP contribution in [-0.4, -0.2) is 18.2 Å². The summed E-state index contributed by atoms with van der Waals surface area (Å²) in [4.78, 5) is 22.4. The summed E-state index contributed by atoms with van der Waals surface area (Å²) in [7, 11) is 0. The monoisotopic (exact) mass is 379 g/mol. The molecule has 27 heavy (non-hydrogen) atoms. The van der Waals surface area contributed by atoms with Gasteiger partial charge >= 0.3 is 0 Å². The molecular weight excluding hydrogens is 334 g/mol. The molecule has 0 bridgehead atoms. The molecule has 0 saturated carbocycles. The number of nitrogens with one attached hydrogen (secondary N) is 1. The quantitative estimate of drug-likeness (QED) is 0.319. The van der Waals surface area contributed by atoms with Gasteiger partial charge in [-0.15, -0.1) is 0 Å². The van der Waals surface area contributed by atoms with Crippen molar-refractivity contribution >= 4 is 11.7 Å². The van der Waals surface area contributed by atoms with Gasteiger partial charge in [-0.2, -0.15) is 0 Å². The standard InChI is InChI=1S/C24H45NO2/c1-19(2)10-7-11-20(3)12-8-13-21(4)14-9-15-22(5)16-17-24(27)18-25-23(6)26/h16-17,19-22H,7-15,18H2,1-6H3,(H,25,26)/b17-16-. The smallest absolute Gasteiger partial charge is 0.217 e. The summed E-state index contributed by atoms with van der Waals surface area (Å²) in [6.45, 7) is 13.1. The maximum atomic E-state index is 11.6. The van der Waals surface area contributed by atoms with Crippen LogP contribution in [0, 0.1) is 23.7 Å². The highest BCUT2D eigenvalue weighted by Gasteiger charge is 2.07. The van der Waals surface area contributed by atoms with Crippen molar-refractivity contribution in [2.24, 2.45) is 23.7 Å². The van der Waals surface area contributed by atoms with Crippen LogP contribution in [0.2, 0.25) is 0 Å². The molecule has 0 rings (SSSR count). The number of rotatable bonds is 16. The molecule has 0 radical (unpaired) electrons. The third kappa shape index (κ3) is 18.0. The number of allylic oxidation sites excluding steroid dienone is 1. The molecule has 0 aromatic rings. The number of amides is 1. The van der Waals surface area contributed by atoms with Gasteiger partial charge in [0.05, 0.1) is 6.54 Å². The van der Waals surface area contributed by atoms with E-state index in [-0.39, 0.29) is 18.2 Å². The fourth-order valence-electron chi connectivity index (χ4n) is 3.40. The molecule has 0 aromatic carbocycles. The molecule has 3 unspecified atom stereocenters. The van der Waals surface area contributed by atoms with E-state index in [0.717, 1.165) is 24.2 Å². The van der Waals surface area contributed by atoms with Crippen LogP contribution in [0.4, 0.5) is 0 Å². The Balaban J connectivity index is 3.73. The molecule has 0 saturated heterocycles. The Morgan fingerprint density at radius 1 is 0.778 bits per heavy atom. The summed E-state index contributed by atoms with van der Waals surface area (Å²) < 4.78 is 0.